The second-order valence-corrected chi connectivity index (χ2v) is 5.05. The predicted octanol–water partition coefficient (Wildman–Crippen LogP) is 3.75. The molecule has 0 aliphatic carbocycles. The number of carbonyl (C=O) groups is 2. The topological polar surface area (TPSA) is 52.6 Å². The normalized spacial score (nSPS) is 11.8. The zero-order chi connectivity index (χ0) is 14.6. The first kappa shape index (κ1) is 16.1. The van der Waals surface area contributed by atoms with Crippen LogP contribution in [0.3, 0.4) is 0 Å². The van der Waals surface area contributed by atoms with Gasteiger partial charge in [-0.05, 0) is 12.1 Å². The number of ether oxygens (including phenoxy) is 2. The van der Waals surface area contributed by atoms with E-state index in [9.17, 15) is 9.59 Å². The van der Waals surface area contributed by atoms with Crippen molar-refractivity contribution < 1.29 is 19.1 Å². The van der Waals surface area contributed by atoms with Crippen LogP contribution in [0.2, 0.25) is 15.1 Å². The second kappa shape index (κ2) is 6.98. The molecule has 1 aromatic rings. The molecule has 0 spiro atoms. The Morgan fingerprint density at radius 3 is 2.21 bits per heavy atom. The highest BCUT2D eigenvalue weighted by Gasteiger charge is 2.20. The number of hydrogen-bond acceptors (Lipinski definition) is 4. The monoisotopic (exact) mass is 324 g/mol. The molecule has 1 rings (SSSR count). The van der Waals surface area contributed by atoms with Crippen LogP contribution in [0.1, 0.15) is 13.3 Å². The van der Waals surface area contributed by atoms with Crippen LogP contribution in [-0.4, -0.2) is 19.0 Å². The highest BCUT2D eigenvalue weighted by molar-refractivity contribution is 6.40. The highest BCUT2D eigenvalue weighted by atomic mass is 35.5. The Hall–Kier alpha value is -0.970. The maximum absolute atomic E-state index is 11.7. The first-order valence-corrected chi connectivity index (χ1v) is 6.41. The van der Waals surface area contributed by atoms with Crippen molar-refractivity contribution in [3.05, 3.63) is 27.2 Å². The van der Waals surface area contributed by atoms with Gasteiger partial charge in [-0.15, -0.1) is 0 Å². The van der Waals surface area contributed by atoms with Crippen LogP contribution in [-0.2, 0) is 14.3 Å². The number of benzene rings is 1. The molecule has 19 heavy (non-hydrogen) atoms. The van der Waals surface area contributed by atoms with E-state index in [1.165, 1.54) is 19.2 Å². The Morgan fingerprint density at radius 2 is 1.74 bits per heavy atom. The van der Waals surface area contributed by atoms with Crippen molar-refractivity contribution >= 4 is 46.7 Å². The highest BCUT2D eigenvalue weighted by Crippen LogP contribution is 2.36. The molecule has 0 heterocycles. The van der Waals surface area contributed by atoms with E-state index < -0.39 is 17.9 Å². The SMILES string of the molecule is COC(=O)[C@H](C)CC(=O)Oc1c(Cl)cc(Cl)cc1Cl. The fourth-order valence-electron chi connectivity index (χ4n) is 1.32. The van der Waals surface area contributed by atoms with E-state index in [1.54, 1.807) is 6.92 Å². The molecular weight excluding hydrogens is 314 g/mol. The van der Waals surface area contributed by atoms with Gasteiger partial charge < -0.3 is 9.47 Å². The maximum Gasteiger partial charge on any atom is 0.312 e. The van der Waals surface area contributed by atoms with Crippen molar-refractivity contribution in [1.29, 1.82) is 0 Å². The molecule has 0 fully saturated rings. The summed E-state index contributed by atoms with van der Waals surface area (Å²) >= 11 is 17.5. The number of rotatable bonds is 4. The number of carbonyl (C=O) groups excluding carboxylic acids is 2. The van der Waals surface area contributed by atoms with Crippen molar-refractivity contribution in [2.75, 3.05) is 7.11 Å². The third kappa shape index (κ3) is 4.56. The summed E-state index contributed by atoms with van der Waals surface area (Å²) in [5.74, 6) is -1.72. The molecular formula is C12H11Cl3O4. The Morgan fingerprint density at radius 1 is 1.21 bits per heavy atom. The first-order chi connectivity index (χ1) is 8.85. The average molecular weight is 326 g/mol. The molecule has 0 aliphatic rings. The first-order valence-electron chi connectivity index (χ1n) is 5.28. The van der Waals surface area contributed by atoms with E-state index in [-0.39, 0.29) is 22.2 Å². The molecule has 4 nitrogen and oxygen atoms in total. The Bertz CT molecular complexity index is 479. The summed E-state index contributed by atoms with van der Waals surface area (Å²) in [6.07, 6.45) is -0.137. The molecule has 0 aliphatic heterocycles. The standard InChI is InChI=1S/C12H11Cl3O4/c1-6(12(17)18-2)3-10(16)19-11-8(14)4-7(13)5-9(11)15/h4-6H,3H2,1-2H3/t6-/m1/s1. The van der Waals surface area contributed by atoms with Crippen LogP contribution in [0.4, 0.5) is 0 Å². The second-order valence-electron chi connectivity index (χ2n) is 3.80. The van der Waals surface area contributed by atoms with E-state index in [0.717, 1.165) is 0 Å². The summed E-state index contributed by atoms with van der Waals surface area (Å²) in [6.45, 7) is 1.55. The lowest BCUT2D eigenvalue weighted by molar-refractivity contribution is -0.149. The Balaban J connectivity index is 2.75. The van der Waals surface area contributed by atoms with Crippen LogP contribution < -0.4 is 4.74 Å². The van der Waals surface area contributed by atoms with E-state index in [1.807, 2.05) is 0 Å². The Kier molecular flexibility index (Phi) is 5.91. The van der Waals surface area contributed by atoms with Gasteiger partial charge in [0.1, 0.15) is 0 Å². The molecule has 0 unspecified atom stereocenters. The van der Waals surface area contributed by atoms with Gasteiger partial charge in [-0.1, -0.05) is 41.7 Å². The molecule has 7 heteroatoms. The van der Waals surface area contributed by atoms with Crippen molar-refractivity contribution in [1.82, 2.24) is 0 Å². The van der Waals surface area contributed by atoms with Crippen LogP contribution in [0.25, 0.3) is 0 Å². The van der Waals surface area contributed by atoms with Gasteiger partial charge in [-0.3, -0.25) is 9.59 Å². The predicted molar refractivity (Wildman–Crippen MR) is 72.9 cm³/mol. The van der Waals surface area contributed by atoms with Gasteiger partial charge in [0.15, 0.2) is 5.75 Å². The smallest absolute Gasteiger partial charge is 0.312 e. The van der Waals surface area contributed by atoms with E-state index in [4.69, 9.17) is 39.5 Å². The molecule has 0 saturated heterocycles. The minimum absolute atomic E-state index is 0.0230. The molecule has 1 atom stereocenters. The fourth-order valence-corrected chi connectivity index (χ4v) is 2.21. The van der Waals surface area contributed by atoms with Crippen LogP contribution in [0.5, 0.6) is 5.75 Å². The lowest BCUT2D eigenvalue weighted by Gasteiger charge is -2.11. The Labute approximate surface area is 125 Å². The lowest BCUT2D eigenvalue weighted by Crippen LogP contribution is -2.20. The molecule has 0 N–H and O–H groups in total. The lowest BCUT2D eigenvalue weighted by atomic mass is 10.1. The molecule has 0 radical (unpaired) electrons. The molecule has 1 aromatic carbocycles. The van der Waals surface area contributed by atoms with Gasteiger partial charge in [-0.25, -0.2) is 0 Å². The number of methoxy groups -OCH3 is 1. The van der Waals surface area contributed by atoms with Gasteiger partial charge in [0.25, 0.3) is 0 Å². The van der Waals surface area contributed by atoms with Crippen molar-refractivity contribution in [3.63, 3.8) is 0 Å². The molecule has 0 saturated carbocycles. The van der Waals surface area contributed by atoms with Crippen molar-refractivity contribution in [2.45, 2.75) is 13.3 Å². The van der Waals surface area contributed by atoms with Gasteiger partial charge in [0.2, 0.25) is 0 Å². The van der Waals surface area contributed by atoms with Crippen LogP contribution in [0.15, 0.2) is 12.1 Å². The summed E-state index contributed by atoms with van der Waals surface area (Å²) in [6, 6.07) is 2.81. The summed E-state index contributed by atoms with van der Waals surface area (Å²) in [7, 11) is 1.25. The van der Waals surface area contributed by atoms with Gasteiger partial charge in [0.05, 0.1) is 29.5 Å². The number of halogens is 3. The van der Waals surface area contributed by atoms with Gasteiger partial charge in [-0.2, -0.15) is 0 Å². The molecule has 0 bridgehead atoms. The van der Waals surface area contributed by atoms with Crippen LogP contribution >= 0.6 is 34.8 Å². The minimum Gasteiger partial charge on any atom is -0.469 e. The molecule has 0 aromatic heterocycles. The molecule has 0 amide bonds. The summed E-state index contributed by atoms with van der Waals surface area (Å²) in [5, 5.41) is 0.575. The zero-order valence-corrected chi connectivity index (χ0v) is 12.5. The minimum atomic E-state index is -0.635. The maximum atomic E-state index is 11.7. The number of esters is 2. The summed E-state index contributed by atoms with van der Waals surface area (Å²) in [4.78, 5) is 22.8. The van der Waals surface area contributed by atoms with E-state index in [0.29, 0.717) is 5.02 Å². The summed E-state index contributed by atoms with van der Waals surface area (Å²) < 4.78 is 9.54. The van der Waals surface area contributed by atoms with Gasteiger partial charge >= 0.3 is 11.9 Å². The third-order valence-corrected chi connectivity index (χ3v) is 3.04. The van der Waals surface area contributed by atoms with E-state index >= 15 is 0 Å². The zero-order valence-electron chi connectivity index (χ0n) is 10.2. The van der Waals surface area contributed by atoms with Gasteiger partial charge in [0, 0.05) is 5.02 Å². The third-order valence-electron chi connectivity index (χ3n) is 2.26. The fraction of sp³-hybridized carbons (Fsp3) is 0.333. The average Bonchev–Trinajstić information content (AvgIpc) is 2.32. The van der Waals surface area contributed by atoms with Crippen molar-refractivity contribution in [2.24, 2.45) is 5.92 Å². The van der Waals surface area contributed by atoms with Crippen molar-refractivity contribution in [3.8, 4) is 5.75 Å². The summed E-state index contributed by atoms with van der Waals surface area (Å²) in [5.41, 5.74) is 0. The number of hydrogen-bond donors (Lipinski definition) is 0. The van der Waals surface area contributed by atoms with E-state index in [2.05, 4.69) is 4.74 Å². The quantitative estimate of drug-likeness (QED) is 0.625. The largest absolute Gasteiger partial charge is 0.469 e. The van der Waals surface area contributed by atoms with Crippen LogP contribution in [0, 0.1) is 5.92 Å². The molecule has 104 valence electrons.